The van der Waals surface area contributed by atoms with Gasteiger partial charge in [0.1, 0.15) is 18.7 Å². The molecule has 90 valence electrons. The minimum atomic E-state index is -0.817. The number of aliphatic hydroxyl groups is 2. The molecular weight excluding hydrogens is 214 g/mol. The first kappa shape index (κ1) is 12.6. The van der Waals surface area contributed by atoms with E-state index in [0.29, 0.717) is 0 Å². The molecule has 1 heterocycles. The van der Waals surface area contributed by atoms with Gasteiger partial charge in [0.15, 0.2) is 0 Å². The zero-order chi connectivity index (χ0) is 12.1. The number of rotatable bonds is 5. The summed E-state index contributed by atoms with van der Waals surface area (Å²) in [6.07, 6.45) is -0.117. The summed E-state index contributed by atoms with van der Waals surface area (Å²) in [5, 5.41) is 18.1. The average Bonchev–Trinajstić information content (AvgIpc) is 2.21. The molecule has 0 saturated carbocycles. The van der Waals surface area contributed by atoms with Crippen molar-refractivity contribution in [3.63, 3.8) is 0 Å². The highest BCUT2D eigenvalue weighted by Crippen LogP contribution is 1.99. The Hall–Kier alpha value is -1.44. The van der Waals surface area contributed by atoms with Crippen molar-refractivity contribution in [1.82, 2.24) is 9.55 Å². The zero-order valence-electron chi connectivity index (χ0n) is 8.91. The van der Waals surface area contributed by atoms with Gasteiger partial charge in [0, 0.05) is 6.20 Å². The van der Waals surface area contributed by atoms with E-state index in [1.165, 1.54) is 23.8 Å². The smallest absolute Gasteiger partial charge is 0.351 e. The lowest BCUT2D eigenvalue weighted by atomic mass is 10.2. The third-order valence-electron chi connectivity index (χ3n) is 2.04. The molecule has 7 nitrogen and oxygen atoms in total. The van der Waals surface area contributed by atoms with Crippen LogP contribution in [0.2, 0.25) is 0 Å². The fourth-order valence-electron chi connectivity index (χ4n) is 1.06. The summed E-state index contributed by atoms with van der Waals surface area (Å²) in [6.45, 7) is 1.07. The highest BCUT2D eigenvalue weighted by atomic mass is 16.5. The van der Waals surface area contributed by atoms with Gasteiger partial charge in [-0.15, -0.1) is 0 Å². The topological polar surface area (TPSA) is 111 Å². The summed E-state index contributed by atoms with van der Waals surface area (Å²) in [4.78, 5) is 14.8. The maximum absolute atomic E-state index is 11.3. The van der Waals surface area contributed by atoms with Crippen LogP contribution in [0.3, 0.4) is 0 Å². The normalized spacial score (nSPS) is 14.7. The van der Waals surface area contributed by atoms with Crippen molar-refractivity contribution in [3.05, 3.63) is 22.7 Å². The fourth-order valence-corrected chi connectivity index (χ4v) is 1.06. The van der Waals surface area contributed by atoms with Crippen molar-refractivity contribution >= 4 is 5.82 Å². The second kappa shape index (κ2) is 5.59. The Bertz CT molecular complexity index is 391. The second-order valence-corrected chi connectivity index (χ2v) is 3.36. The Labute approximate surface area is 92.1 Å². The zero-order valence-corrected chi connectivity index (χ0v) is 8.91. The molecule has 4 N–H and O–H groups in total. The van der Waals surface area contributed by atoms with Gasteiger partial charge in [0.25, 0.3) is 0 Å². The van der Waals surface area contributed by atoms with Crippen molar-refractivity contribution < 1.29 is 14.9 Å². The number of anilines is 1. The summed E-state index contributed by atoms with van der Waals surface area (Å²) in [5.74, 6) is 0.135. The van der Waals surface area contributed by atoms with E-state index < -0.39 is 17.9 Å². The van der Waals surface area contributed by atoms with E-state index in [-0.39, 0.29) is 19.2 Å². The van der Waals surface area contributed by atoms with Crippen LogP contribution < -0.4 is 11.4 Å². The molecule has 1 aromatic rings. The van der Waals surface area contributed by atoms with Crippen LogP contribution in [0, 0.1) is 0 Å². The molecule has 0 unspecified atom stereocenters. The van der Waals surface area contributed by atoms with Crippen molar-refractivity contribution in [3.8, 4) is 0 Å². The molecule has 0 aliphatic rings. The van der Waals surface area contributed by atoms with Gasteiger partial charge in [-0.1, -0.05) is 0 Å². The first-order chi connectivity index (χ1) is 7.54. The third-order valence-corrected chi connectivity index (χ3v) is 2.04. The SMILES string of the molecule is C[C@@H](O)[C@@H](CO)OCn1ccc(N)nc1=O. The Morgan fingerprint density at radius 3 is 2.88 bits per heavy atom. The standard InChI is InChI=1S/C9H15N3O4/c1-6(14)7(4-13)16-5-12-3-2-8(10)11-9(12)15/h2-3,6-7,13-14H,4-5H2,1H3,(H2,10,11,15)/t6-,7-/m1/s1. The molecule has 7 heteroatoms. The predicted octanol–water partition coefficient (Wildman–Crippen LogP) is -1.46. The number of nitrogens with two attached hydrogens (primary N) is 1. The molecule has 0 saturated heterocycles. The van der Waals surface area contributed by atoms with Gasteiger partial charge < -0.3 is 20.7 Å². The number of aliphatic hydroxyl groups excluding tert-OH is 2. The summed E-state index contributed by atoms with van der Waals surface area (Å²) in [5.41, 5.74) is 4.77. The number of hydrogen-bond donors (Lipinski definition) is 3. The maximum Gasteiger partial charge on any atom is 0.351 e. The van der Waals surface area contributed by atoms with E-state index in [2.05, 4.69) is 4.98 Å². The fraction of sp³-hybridized carbons (Fsp3) is 0.556. The summed E-state index contributed by atoms with van der Waals surface area (Å²) in [6, 6.07) is 1.46. The minimum absolute atomic E-state index is 0.0950. The molecule has 16 heavy (non-hydrogen) atoms. The molecule has 0 bridgehead atoms. The molecular formula is C9H15N3O4. The van der Waals surface area contributed by atoms with Crippen LogP contribution in [0.5, 0.6) is 0 Å². The van der Waals surface area contributed by atoms with E-state index in [1.807, 2.05) is 0 Å². The van der Waals surface area contributed by atoms with Gasteiger partial charge in [0.05, 0.1) is 12.7 Å². The number of aromatic nitrogens is 2. The van der Waals surface area contributed by atoms with Gasteiger partial charge in [-0.25, -0.2) is 4.79 Å². The average molecular weight is 229 g/mol. The highest BCUT2D eigenvalue weighted by molar-refractivity contribution is 5.23. The van der Waals surface area contributed by atoms with Gasteiger partial charge in [0.2, 0.25) is 0 Å². The molecule has 0 aliphatic heterocycles. The molecule has 0 aromatic carbocycles. The summed E-state index contributed by atoms with van der Waals surface area (Å²) in [7, 11) is 0. The number of hydrogen-bond acceptors (Lipinski definition) is 6. The molecule has 0 spiro atoms. The maximum atomic E-state index is 11.3. The second-order valence-electron chi connectivity index (χ2n) is 3.36. The molecule has 1 rings (SSSR count). The van der Waals surface area contributed by atoms with Crippen LogP contribution in [-0.2, 0) is 11.5 Å². The number of nitrogen functional groups attached to an aromatic ring is 1. The van der Waals surface area contributed by atoms with E-state index in [0.717, 1.165) is 0 Å². The van der Waals surface area contributed by atoms with Crippen LogP contribution >= 0.6 is 0 Å². The van der Waals surface area contributed by atoms with Gasteiger partial charge in [-0.2, -0.15) is 4.98 Å². The molecule has 0 amide bonds. The molecule has 0 aliphatic carbocycles. The van der Waals surface area contributed by atoms with Crippen LogP contribution in [-0.4, -0.2) is 38.6 Å². The van der Waals surface area contributed by atoms with Crippen molar-refractivity contribution in [2.45, 2.75) is 25.9 Å². The van der Waals surface area contributed by atoms with E-state index in [1.54, 1.807) is 0 Å². The Morgan fingerprint density at radius 1 is 1.69 bits per heavy atom. The molecule has 0 fully saturated rings. The minimum Gasteiger partial charge on any atom is -0.394 e. The molecule has 0 radical (unpaired) electrons. The van der Waals surface area contributed by atoms with Gasteiger partial charge >= 0.3 is 5.69 Å². The third kappa shape index (κ3) is 3.30. The highest BCUT2D eigenvalue weighted by Gasteiger charge is 2.14. The Kier molecular flexibility index (Phi) is 4.41. The van der Waals surface area contributed by atoms with E-state index in [4.69, 9.17) is 15.6 Å². The first-order valence-electron chi connectivity index (χ1n) is 4.78. The Morgan fingerprint density at radius 2 is 2.38 bits per heavy atom. The first-order valence-corrected chi connectivity index (χ1v) is 4.78. The number of nitrogens with zero attached hydrogens (tertiary/aromatic N) is 2. The number of ether oxygens (including phenoxy) is 1. The van der Waals surface area contributed by atoms with Crippen LogP contribution in [0.15, 0.2) is 17.1 Å². The molecule has 1 aromatic heterocycles. The lowest BCUT2D eigenvalue weighted by Gasteiger charge is -2.18. The quantitative estimate of drug-likeness (QED) is 0.569. The van der Waals surface area contributed by atoms with Crippen LogP contribution in [0.1, 0.15) is 6.92 Å². The van der Waals surface area contributed by atoms with Crippen LogP contribution in [0.4, 0.5) is 5.82 Å². The monoisotopic (exact) mass is 229 g/mol. The lowest BCUT2D eigenvalue weighted by molar-refractivity contribution is -0.0823. The van der Waals surface area contributed by atoms with Gasteiger partial charge in [-0.3, -0.25) is 4.57 Å². The Balaban J connectivity index is 2.64. The summed E-state index contributed by atoms with van der Waals surface area (Å²) >= 11 is 0. The summed E-state index contributed by atoms with van der Waals surface area (Å²) < 4.78 is 6.32. The van der Waals surface area contributed by atoms with Crippen molar-refractivity contribution in [2.24, 2.45) is 0 Å². The van der Waals surface area contributed by atoms with E-state index >= 15 is 0 Å². The van der Waals surface area contributed by atoms with E-state index in [9.17, 15) is 9.90 Å². The van der Waals surface area contributed by atoms with Gasteiger partial charge in [-0.05, 0) is 13.0 Å². The molecule has 2 atom stereocenters. The lowest BCUT2D eigenvalue weighted by Crippen LogP contribution is -2.33. The van der Waals surface area contributed by atoms with Crippen LogP contribution in [0.25, 0.3) is 0 Å². The predicted molar refractivity (Wildman–Crippen MR) is 56.5 cm³/mol. The van der Waals surface area contributed by atoms with Crippen molar-refractivity contribution in [2.75, 3.05) is 12.3 Å². The van der Waals surface area contributed by atoms with Crippen molar-refractivity contribution in [1.29, 1.82) is 0 Å². The largest absolute Gasteiger partial charge is 0.394 e.